The Bertz CT molecular complexity index is 1340. The molecule has 214 valence electrons. The quantitative estimate of drug-likeness (QED) is 0.377. The van der Waals surface area contributed by atoms with Crippen LogP contribution in [-0.2, 0) is 23.9 Å². The minimum absolute atomic E-state index is 0.0960. The number of anilines is 1. The fourth-order valence-corrected chi connectivity index (χ4v) is 7.47. The van der Waals surface area contributed by atoms with Gasteiger partial charge in [-0.3, -0.25) is 14.4 Å². The van der Waals surface area contributed by atoms with E-state index < -0.39 is 41.1 Å². The summed E-state index contributed by atoms with van der Waals surface area (Å²) in [5, 5.41) is 12.5. The Kier molecular flexibility index (Phi) is 7.29. The first-order valence-corrected chi connectivity index (χ1v) is 14.3. The molecule has 1 spiro atoms. The summed E-state index contributed by atoms with van der Waals surface area (Å²) in [4.78, 5) is 45.7. The summed E-state index contributed by atoms with van der Waals surface area (Å²) in [6.45, 7) is 13.4. The summed E-state index contributed by atoms with van der Waals surface area (Å²) in [5.41, 5.74) is -1.50. The number of aliphatic hydroxyl groups is 1. The zero-order valence-corrected chi connectivity index (χ0v) is 24.0. The Hall–Kier alpha value is -3.23. The molecule has 3 aliphatic heterocycles. The van der Waals surface area contributed by atoms with Gasteiger partial charge in [-0.1, -0.05) is 57.2 Å². The van der Waals surface area contributed by atoms with Crippen molar-refractivity contribution in [3.63, 3.8) is 0 Å². The normalized spacial score (nSPS) is 31.5. The molecular formula is C32H40N2O6. The molecule has 8 nitrogen and oxygen atoms in total. The number of ether oxygens (including phenoxy) is 2. The second-order valence-electron chi connectivity index (χ2n) is 12.0. The highest BCUT2D eigenvalue weighted by Crippen LogP contribution is 2.66. The van der Waals surface area contributed by atoms with Crippen LogP contribution in [-0.4, -0.2) is 70.8 Å². The minimum atomic E-state index is -1.22. The van der Waals surface area contributed by atoms with Crippen molar-refractivity contribution >= 4 is 34.2 Å². The molecule has 0 aliphatic carbocycles. The van der Waals surface area contributed by atoms with Gasteiger partial charge in [-0.05, 0) is 55.0 Å². The summed E-state index contributed by atoms with van der Waals surface area (Å²) in [6.07, 6.45) is 2.10. The number of fused-ring (bicyclic) bond motifs is 2. The van der Waals surface area contributed by atoms with Crippen molar-refractivity contribution < 1.29 is 29.0 Å². The predicted octanol–water partition coefficient (Wildman–Crippen LogP) is 3.95. The number of likely N-dealkylation sites (tertiary alicyclic amines) is 1. The smallest absolute Gasteiger partial charge is 0.312 e. The molecule has 0 aromatic heterocycles. The highest BCUT2D eigenvalue weighted by Gasteiger charge is 2.80. The monoisotopic (exact) mass is 548 g/mol. The summed E-state index contributed by atoms with van der Waals surface area (Å²) in [6, 6.07) is 12.1. The van der Waals surface area contributed by atoms with E-state index in [-0.39, 0.29) is 43.4 Å². The Balaban J connectivity index is 1.67. The van der Waals surface area contributed by atoms with E-state index in [0.717, 1.165) is 10.8 Å². The molecule has 8 heteroatoms. The van der Waals surface area contributed by atoms with Crippen LogP contribution >= 0.6 is 0 Å². The molecule has 2 aromatic rings. The number of carbonyl (C=O) groups excluding carboxylic acids is 3. The van der Waals surface area contributed by atoms with Gasteiger partial charge in [-0.25, -0.2) is 0 Å². The van der Waals surface area contributed by atoms with Crippen molar-refractivity contribution in [3.05, 3.63) is 55.1 Å². The van der Waals surface area contributed by atoms with Crippen LogP contribution in [0.15, 0.2) is 55.1 Å². The molecule has 1 N–H and O–H groups in total. The van der Waals surface area contributed by atoms with Crippen molar-refractivity contribution in [2.45, 2.75) is 64.3 Å². The number of benzene rings is 2. The first kappa shape index (κ1) is 28.3. The second-order valence-corrected chi connectivity index (χ2v) is 12.0. The van der Waals surface area contributed by atoms with E-state index in [9.17, 15) is 19.5 Å². The average Bonchev–Trinajstić information content (AvgIpc) is 3.44. The molecule has 3 unspecified atom stereocenters. The molecule has 3 saturated heterocycles. The van der Waals surface area contributed by atoms with Crippen molar-refractivity contribution in [2.24, 2.45) is 23.7 Å². The van der Waals surface area contributed by atoms with Gasteiger partial charge in [0.25, 0.3) is 5.91 Å². The third-order valence-electron chi connectivity index (χ3n) is 9.46. The number of aliphatic hydroxyl groups excluding tert-OH is 1. The lowest BCUT2D eigenvalue weighted by atomic mass is 9.62. The second kappa shape index (κ2) is 10.3. The predicted molar refractivity (Wildman–Crippen MR) is 152 cm³/mol. The Labute approximate surface area is 235 Å². The van der Waals surface area contributed by atoms with Gasteiger partial charge in [0.1, 0.15) is 17.6 Å². The van der Waals surface area contributed by atoms with Gasteiger partial charge >= 0.3 is 5.97 Å². The zero-order valence-electron chi connectivity index (χ0n) is 24.0. The molecule has 0 radical (unpaired) electrons. The maximum Gasteiger partial charge on any atom is 0.312 e. The van der Waals surface area contributed by atoms with Gasteiger partial charge in [0.05, 0.1) is 30.8 Å². The van der Waals surface area contributed by atoms with Crippen LogP contribution in [0.5, 0.6) is 0 Å². The van der Waals surface area contributed by atoms with E-state index in [1.165, 1.54) is 4.90 Å². The molecule has 2 aromatic carbocycles. The SMILES string of the molecule is C=CCN(C(=O)C1N([C@@H](CO)C(C)C)C(=O)[C@@H]2[C@H](C(=O)OCC)[C@@]3(C)OC12CC3C)c1ccc2ccccc2c1. The Morgan fingerprint density at radius 1 is 1.25 bits per heavy atom. The number of hydrogen-bond donors (Lipinski definition) is 1. The first-order valence-electron chi connectivity index (χ1n) is 14.3. The number of carbonyl (C=O) groups is 3. The van der Waals surface area contributed by atoms with Gasteiger partial charge in [0, 0.05) is 12.2 Å². The van der Waals surface area contributed by atoms with Gasteiger partial charge in [0.15, 0.2) is 0 Å². The van der Waals surface area contributed by atoms with Gasteiger partial charge in [-0.15, -0.1) is 6.58 Å². The van der Waals surface area contributed by atoms with Gasteiger partial charge in [0.2, 0.25) is 5.91 Å². The molecule has 2 bridgehead atoms. The third-order valence-corrected chi connectivity index (χ3v) is 9.46. The molecular weight excluding hydrogens is 508 g/mol. The van der Waals surface area contributed by atoms with Gasteiger partial charge < -0.3 is 24.4 Å². The van der Waals surface area contributed by atoms with E-state index in [0.29, 0.717) is 12.1 Å². The first-order chi connectivity index (χ1) is 19.0. The van der Waals surface area contributed by atoms with E-state index in [2.05, 4.69) is 6.58 Å². The highest BCUT2D eigenvalue weighted by atomic mass is 16.6. The van der Waals surface area contributed by atoms with E-state index in [1.54, 1.807) is 17.9 Å². The lowest BCUT2D eigenvalue weighted by Crippen LogP contribution is -2.60. The molecule has 3 heterocycles. The molecule has 3 aliphatic rings. The van der Waals surface area contributed by atoms with Crippen molar-refractivity contribution in [1.82, 2.24) is 4.90 Å². The number of hydrogen-bond acceptors (Lipinski definition) is 6. The molecule has 7 atom stereocenters. The Morgan fingerprint density at radius 2 is 1.95 bits per heavy atom. The minimum Gasteiger partial charge on any atom is -0.466 e. The van der Waals surface area contributed by atoms with Crippen molar-refractivity contribution in [1.29, 1.82) is 0 Å². The molecule has 0 saturated carbocycles. The maximum absolute atomic E-state index is 14.8. The van der Waals surface area contributed by atoms with Crippen molar-refractivity contribution in [3.8, 4) is 0 Å². The number of rotatable bonds is 9. The lowest BCUT2D eigenvalue weighted by molar-refractivity contribution is -0.162. The van der Waals surface area contributed by atoms with E-state index in [1.807, 2.05) is 70.2 Å². The maximum atomic E-state index is 14.8. The molecule has 40 heavy (non-hydrogen) atoms. The molecule has 3 fully saturated rings. The fraction of sp³-hybridized carbons (Fsp3) is 0.531. The van der Waals surface area contributed by atoms with Crippen LogP contribution < -0.4 is 4.90 Å². The Morgan fingerprint density at radius 3 is 2.58 bits per heavy atom. The zero-order chi connectivity index (χ0) is 29.0. The van der Waals surface area contributed by atoms with Crippen LogP contribution in [0.25, 0.3) is 10.8 Å². The van der Waals surface area contributed by atoms with Crippen molar-refractivity contribution in [2.75, 3.05) is 24.7 Å². The molecule has 2 amide bonds. The summed E-state index contributed by atoms with van der Waals surface area (Å²) < 4.78 is 12.2. The standard InChI is InChI=1S/C32H40N2O6/c1-7-15-33(23-14-13-21-11-9-10-12-22(21)16-23)29(37)27-32-17-20(5)31(6,40-32)26(30(38)39-8-2)25(32)28(36)34(27)24(18-35)19(3)4/h7,9-14,16,19-20,24-27,35H,1,8,15,17-18H2,2-6H3/t20?,24-,25-,26+,27?,31-,32?/m0/s1. The van der Waals surface area contributed by atoms with Gasteiger partial charge in [-0.2, -0.15) is 0 Å². The lowest BCUT2D eigenvalue weighted by Gasteiger charge is -2.40. The van der Waals surface area contributed by atoms with Crippen LogP contribution in [0.1, 0.15) is 41.0 Å². The highest BCUT2D eigenvalue weighted by molar-refractivity contribution is 6.06. The van der Waals surface area contributed by atoms with Crippen LogP contribution in [0.2, 0.25) is 0 Å². The average molecular weight is 549 g/mol. The van der Waals surface area contributed by atoms with E-state index >= 15 is 0 Å². The third kappa shape index (κ3) is 3.98. The fourth-order valence-electron chi connectivity index (χ4n) is 7.47. The number of nitrogens with zero attached hydrogens (tertiary/aromatic N) is 2. The topological polar surface area (TPSA) is 96.4 Å². The molecule has 5 rings (SSSR count). The summed E-state index contributed by atoms with van der Waals surface area (Å²) >= 11 is 0. The van der Waals surface area contributed by atoms with Crippen LogP contribution in [0.4, 0.5) is 5.69 Å². The summed E-state index contributed by atoms with van der Waals surface area (Å²) in [7, 11) is 0. The number of esters is 1. The van der Waals surface area contributed by atoms with E-state index in [4.69, 9.17) is 9.47 Å². The number of amides is 2. The van der Waals surface area contributed by atoms with Crippen LogP contribution in [0, 0.1) is 23.7 Å². The largest absolute Gasteiger partial charge is 0.466 e. The summed E-state index contributed by atoms with van der Waals surface area (Å²) in [5.74, 6) is -3.09. The van der Waals surface area contributed by atoms with Crippen LogP contribution in [0.3, 0.4) is 0 Å².